The quantitative estimate of drug-likeness (QED) is 0.765. The van der Waals surface area contributed by atoms with Crippen molar-refractivity contribution in [3.63, 3.8) is 0 Å². The molecule has 0 aliphatic carbocycles. The summed E-state index contributed by atoms with van der Waals surface area (Å²) in [5.74, 6) is -0.646. The summed E-state index contributed by atoms with van der Waals surface area (Å²) in [6.07, 6.45) is 2.68. The topological polar surface area (TPSA) is 101 Å². The maximum absolute atomic E-state index is 13.5. The summed E-state index contributed by atoms with van der Waals surface area (Å²) in [4.78, 5) is -0.175. The van der Waals surface area contributed by atoms with E-state index in [2.05, 4.69) is 14.9 Å². The van der Waals surface area contributed by atoms with Crippen LogP contribution in [0.4, 0.5) is 10.1 Å². The second-order valence-corrected chi connectivity index (χ2v) is 5.16. The van der Waals surface area contributed by atoms with Gasteiger partial charge in [-0.25, -0.2) is 12.8 Å². The average Bonchev–Trinajstić information content (AvgIpc) is 2.80. The third kappa shape index (κ3) is 2.34. The summed E-state index contributed by atoms with van der Waals surface area (Å²) >= 11 is 0. The lowest BCUT2D eigenvalue weighted by atomic mass is 10.2. The van der Waals surface area contributed by atoms with Crippen LogP contribution in [0, 0.1) is 5.82 Å². The van der Waals surface area contributed by atoms with Gasteiger partial charge in [0.05, 0.1) is 16.8 Å². The Kier molecular flexibility index (Phi) is 3.30. The number of nitrogens with zero attached hydrogens (tertiary/aromatic N) is 1. The van der Waals surface area contributed by atoms with Gasteiger partial charge in [-0.1, -0.05) is 6.07 Å². The molecular formula is C10H11FN4O2S. The summed E-state index contributed by atoms with van der Waals surface area (Å²) in [6.45, 7) is -0.200. The lowest BCUT2D eigenvalue weighted by Gasteiger charge is -2.10. The van der Waals surface area contributed by atoms with Gasteiger partial charge in [0.15, 0.2) is 0 Å². The molecule has 0 spiro atoms. The van der Waals surface area contributed by atoms with E-state index in [0.717, 1.165) is 0 Å². The Labute approximate surface area is 103 Å². The van der Waals surface area contributed by atoms with Crippen LogP contribution in [0.3, 0.4) is 0 Å². The highest BCUT2D eigenvalue weighted by molar-refractivity contribution is 7.92. The molecule has 2 aromatic rings. The van der Waals surface area contributed by atoms with Crippen LogP contribution in [0.1, 0.15) is 5.56 Å². The number of anilines is 1. The van der Waals surface area contributed by atoms with Crippen molar-refractivity contribution in [2.75, 3.05) is 4.72 Å². The van der Waals surface area contributed by atoms with E-state index in [0.29, 0.717) is 0 Å². The first-order valence-corrected chi connectivity index (χ1v) is 6.52. The predicted molar refractivity (Wildman–Crippen MR) is 63.7 cm³/mol. The van der Waals surface area contributed by atoms with Gasteiger partial charge in [0, 0.05) is 18.3 Å². The molecule has 0 atom stereocenters. The molecule has 18 heavy (non-hydrogen) atoms. The molecular weight excluding hydrogens is 259 g/mol. The summed E-state index contributed by atoms with van der Waals surface area (Å²) < 4.78 is 39.9. The fourth-order valence-electron chi connectivity index (χ4n) is 1.51. The summed E-state index contributed by atoms with van der Waals surface area (Å²) in [7, 11) is -3.88. The normalized spacial score (nSPS) is 11.4. The molecule has 0 amide bonds. The van der Waals surface area contributed by atoms with Crippen LogP contribution in [-0.4, -0.2) is 18.6 Å². The van der Waals surface area contributed by atoms with E-state index in [-0.39, 0.29) is 22.7 Å². The van der Waals surface area contributed by atoms with Crippen LogP contribution in [-0.2, 0) is 16.6 Å². The van der Waals surface area contributed by atoms with E-state index in [9.17, 15) is 12.8 Å². The number of benzene rings is 1. The maximum Gasteiger partial charge on any atom is 0.262 e. The minimum Gasteiger partial charge on any atom is -0.326 e. The summed E-state index contributed by atoms with van der Waals surface area (Å²) in [5, 5.41) is 6.08. The van der Waals surface area contributed by atoms with Crippen LogP contribution in [0.25, 0.3) is 0 Å². The molecule has 0 unspecified atom stereocenters. The smallest absolute Gasteiger partial charge is 0.262 e. The molecule has 6 nitrogen and oxygen atoms in total. The van der Waals surface area contributed by atoms with Crippen LogP contribution in [0.2, 0.25) is 0 Å². The molecule has 1 aromatic heterocycles. The molecule has 0 fully saturated rings. The fourth-order valence-corrected chi connectivity index (χ4v) is 2.80. The minimum atomic E-state index is -3.88. The Morgan fingerprint density at radius 2 is 2.22 bits per heavy atom. The highest BCUT2D eigenvalue weighted by Gasteiger charge is 2.20. The highest BCUT2D eigenvalue weighted by Crippen LogP contribution is 2.21. The van der Waals surface area contributed by atoms with Crippen molar-refractivity contribution in [2.45, 2.75) is 11.4 Å². The lowest BCUT2D eigenvalue weighted by Crippen LogP contribution is -2.17. The van der Waals surface area contributed by atoms with Crippen molar-refractivity contribution in [3.8, 4) is 0 Å². The standard InChI is InChI=1S/C10H11FN4O2S/c11-9-2-1-3-10(8(9)4-12)18(16,17)15-7-5-13-14-6-7/h1-3,5-6,15H,4,12H2,(H,13,14). The van der Waals surface area contributed by atoms with Gasteiger partial charge in [-0.15, -0.1) is 0 Å². The molecule has 2 rings (SSSR count). The van der Waals surface area contributed by atoms with Gasteiger partial charge in [-0.2, -0.15) is 5.10 Å². The third-order valence-electron chi connectivity index (χ3n) is 2.32. The summed E-state index contributed by atoms with van der Waals surface area (Å²) in [5.41, 5.74) is 5.59. The second-order valence-electron chi connectivity index (χ2n) is 3.51. The molecule has 96 valence electrons. The van der Waals surface area contributed by atoms with Gasteiger partial charge in [-0.3, -0.25) is 9.82 Å². The Bertz CT molecular complexity index is 640. The van der Waals surface area contributed by atoms with Crippen molar-refractivity contribution in [1.82, 2.24) is 10.2 Å². The first kappa shape index (κ1) is 12.5. The fraction of sp³-hybridized carbons (Fsp3) is 0.100. The largest absolute Gasteiger partial charge is 0.326 e. The van der Waals surface area contributed by atoms with Crippen molar-refractivity contribution < 1.29 is 12.8 Å². The van der Waals surface area contributed by atoms with E-state index in [1.165, 1.54) is 30.6 Å². The molecule has 0 radical (unpaired) electrons. The first-order chi connectivity index (χ1) is 8.54. The van der Waals surface area contributed by atoms with Crippen LogP contribution in [0.15, 0.2) is 35.5 Å². The predicted octanol–water partition coefficient (Wildman–Crippen LogP) is 0.808. The molecule has 0 saturated heterocycles. The Hall–Kier alpha value is -1.93. The monoisotopic (exact) mass is 270 g/mol. The van der Waals surface area contributed by atoms with E-state index >= 15 is 0 Å². The van der Waals surface area contributed by atoms with E-state index in [1.54, 1.807) is 0 Å². The summed E-state index contributed by atoms with van der Waals surface area (Å²) in [6, 6.07) is 3.78. The third-order valence-corrected chi connectivity index (χ3v) is 3.79. The highest BCUT2D eigenvalue weighted by atomic mass is 32.2. The number of hydrogen-bond donors (Lipinski definition) is 3. The van der Waals surface area contributed by atoms with Crippen molar-refractivity contribution in [2.24, 2.45) is 5.73 Å². The number of sulfonamides is 1. The molecule has 8 heteroatoms. The van der Waals surface area contributed by atoms with Crippen LogP contribution in [0.5, 0.6) is 0 Å². The van der Waals surface area contributed by atoms with Gasteiger partial charge in [0.2, 0.25) is 0 Å². The number of nitrogens with one attached hydrogen (secondary N) is 2. The Balaban J connectivity index is 2.44. The van der Waals surface area contributed by atoms with Crippen LogP contribution < -0.4 is 10.5 Å². The molecule has 0 aliphatic heterocycles. The number of aromatic nitrogens is 2. The zero-order valence-electron chi connectivity index (χ0n) is 9.22. The van der Waals surface area contributed by atoms with Gasteiger partial charge < -0.3 is 5.73 Å². The number of H-pyrrole nitrogens is 1. The van der Waals surface area contributed by atoms with Crippen molar-refractivity contribution in [3.05, 3.63) is 42.0 Å². The Morgan fingerprint density at radius 3 is 2.83 bits per heavy atom. The maximum atomic E-state index is 13.5. The average molecular weight is 270 g/mol. The van der Waals surface area contributed by atoms with Gasteiger partial charge in [-0.05, 0) is 12.1 Å². The van der Waals surface area contributed by atoms with E-state index in [1.807, 2.05) is 0 Å². The number of rotatable bonds is 4. The molecule has 0 bridgehead atoms. The van der Waals surface area contributed by atoms with Gasteiger partial charge in [0.25, 0.3) is 10.0 Å². The molecule has 4 N–H and O–H groups in total. The molecule has 0 aliphatic rings. The number of nitrogens with two attached hydrogens (primary N) is 1. The van der Waals surface area contributed by atoms with Crippen LogP contribution >= 0.6 is 0 Å². The number of hydrogen-bond acceptors (Lipinski definition) is 4. The molecule has 0 saturated carbocycles. The van der Waals surface area contributed by atoms with E-state index < -0.39 is 15.8 Å². The first-order valence-electron chi connectivity index (χ1n) is 5.03. The van der Waals surface area contributed by atoms with Crippen molar-refractivity contribution >= 4 is 15.7 Å². The number of aromatic amines is 1. The van der Waals surface area contributed by atoms with E-state index in [4.69, 9.17) is 5.73 Å². The molecule has 1 aromatic carbocycles. The number of halogens is 1. The zero-order valence-corrected chi connectivity index (χ0v) is 10.0. The van der Waals surface area contributed by atoms with Gasteiger partial charge in [0.1, 0.15) is 5.82 Å². The molecule has 1 heterocycles. The van der Waals surface area contributed by atoms with Crippen molar-refractivity contribution in [1.29, 1.82) is 0 Å². The Morgan fingerprint density at radius 1 is 1.44 bits per heavy atom. The second kappa shape index (κ2) is 4.75. The minimum absolute atomic E-state index is 0.0477. The SMILES string of the molecule is NCc1c(F)cccc1S(=O)(=O)Nc1cn[nH]c1. The lowest BCUT2D eigenvalue weighted by molar-refractivity contribution is 0.585. The van der Waals surface area contributed by atoms with Gasteiger partial charge >= 0.3 is 0 Å². The zero-order chi connectivity index (χ0) is 13.2.